The largest absolute Gasteiger partial charge is 0.496 e. The van der Waals surface area contributed by atoms with E-state index < -0.39 is 18.0 Å². The molecule has 4 heterocycles. The van der Waals surface area contributed by atoms with E-state index >= 15 is 4.39 Å². The molecule has 0 radical (unpaired) electrons. The molecular formula is C25H26Cl2F4N6O. The first-order valence-electron chi connectivity index (χ1n) is 11.8. The van der Waals surface area contributed by atoms with Crippen LogP contribution in [0.3, 0.4) is 0 Å². The standard InChI is InChI=1S/C25H24F4N6O.2ClH/c1-36-18-6-4-14-10-17(26)22(31-21(14)20(18)13-2-3-13)24-33-32-19-7-5-15(11-35(19)24)23(25(27,28)29)34-9-8-16(30)12-34;;/h4-7,10-11,13,16,23H,2-3,8-9,12,30H2,1H3;2*1H/t16-,23+;;/m0../s1. The summed E-state index contributed by atoms with van der Waals surface area (Å²) in [5.41, 5.74) is 7.62. The highest BCUT2D eigenvalue weighted by molar-refractivity contribution is 5.87. The summed E-state index contributed by atoms with van der Waals surface area (Å²) < 4.78 is 64.7. The Morgan fingerprint density at radius 3 is 2.47 bits per heavy atom. The Morgan fingerprint density at radius 1 is 1.08 bits per heavy atom. The minimum atomic E-state index is -4.52. The second-order valence-corrected chi connectivity index (χ2v) is 9.55. The summed E-state index contributed by atoms with van der Waals surface area (Å²) in [6.45, 7) is 0.384. The molecule has 1 saturated carbocycles. The van der Waals surface area contributed by atoms with Gasteiger partial charge in [0, 0.05) is 36.3 Å². The molecule has 1 aromatic carbocycles. The van der Waals surface area contributed by atoms with Gasteiger partial charge in [0.2, 0.25) is 0 Å². The number of hydrogen-bond donors (Lipinski definition) is 1. The molecule has 2 atom stereocenters. The summed E-state index contributed by atoms with van der Waals surface area (Å²) in [6, 6.07) is 5.61. The van der Waals surface area contributed by atoms with Crippen LogP contribution in [0.25, 0.3) is 28.1 Å². The number of rotatable bonds is 5. The lowest BCUT2D eigenvalue weighted by molar-refractivity contribution is -0.183. The van der Waals surface area contributed by atoms with Crippen molar-refractivity contribution in [1.82, 2.24) is 24.5 Å². The van der Waals surface area contributed by atoms with E-state index in [2.05, 4.69) is 15.2 Å². The number of aromatic nitrogens is 4. The first-order chi connectivity index (χ1) is 17.2. The van der Waals surface area contributed by atoms with Crippen LogP contribution in [0.5, 0.6) is 5.75 Å². The van der Waals surface area contributed by atoms with Crippen molar-refractivity contribution in [2.75, 3.05) is 20.2 Å². The smallest absolute Gasteiger partial charge is 0.408 e. The Balaban J connectivity index is 0.00000168. The fraction of sp³-hybridized carbons (Fsp3) is 0.400. The predicted molar refractivity (Wildman–Crippen MR) is 140 cm³/mol. The van der Waals surface area contributed by atoms with E-state index in [0.29, 0.717) is 28.7 Å². The van der Waals surface area contributed by atoms with E-state index in [0.717, 1.165) is 18.4 Å². The summed E-state index contributed by atoms with van der Waals surface area (Å²) in [5.74, 6) is 0.359. The van der Waals surface area contributed by atoms with Crippen molar-refractivity contribution in [1.29, 1.82) is 0 Å². The minimum absolute atomic E-state index is 0. The Hall–Kier alpha value is -2.73. The molecular weight excluding hydrogens is 547 g/mol. The van der Waals surface area contributed by atoms with Crippen LogP contribution in [-0.4, -0.2) is 56.9 Å². The Bertz CT molecular complexity index is 1480. The normalized spacial score (nSPS) is 18.8. The first kappa shape index (κ1) is 28.3. The Labute approximate surface area is 228 Å². The predicted octanol–water partition coefficient (Wildman–Crippen LogP) is 5.45. The van der Waals surface area contributed by atoms with Gasteiger partial charge in [-0.05, 0) is 55.0 Å². The van der Waals surface area contributed by atoms with Gasteiger partial charge in [-0.2, -0.15) is 13.2 Å². The quantitative estimate of drug-likeness (QED) is 0.320. The molecule has 2 aliphatic rings. The average molecular weight is 573 g/mol. The van der Waals surface area contributed by atoms with Gasteiger partial charge in [-0.3, -0.25) is 9.30 Å². The topological polar surface area (TPSA) is 81.6 Å². The number of benzene rings is 1. The number of methoxy groups -OCH3 is 1. The SMILES string of the molecule is COc1ccc2cc(F)c(-c3nnc4ccc([C@@H](N5CC[C@H](N)C5)C(F)(F)F)cn34)nc2c1C1CC1.Cl.Cl. The molecule has 2 N–H and O–H groups in total. The molecule has 1 saturated heterocycles. The van der Waals surface area contributed by atoms with Gasteiger partial charge in [0.05, 0.1) is 12.6 Å². The highest BCUT2D eigenvalue weighted by Gasteiger charge is 2.46. The molecule has 38 heavy (non-hydrogen) atoms. The molecule has 3 aromatic heterocycles. The van der Waals surface area contributed by atoms with E-state index in [9.17, 15) is 13.2 Å². The highest BCUT2D eigenvalue weighted by atomic mass is 35.5. The van der Waals surface area contributed by atoms with E-state index in [1.807, 2.05) is 0 Å². The van der Waals surface area contributed by atoms with Gasteiger partial charge in [0.1, 0.15) is 17.5 Å². The van der Waals surface area contributed by atoms with Gasteiger partial charge in [-0.1, -0.05) is 6.07 Å². The van der Waals surface area contributed by atoms with Crippen LogP contribution in [0.2, 0.25) is 0 Å². The second kappa shape index (κ2) is 10.4. The molecule has 4 aromatic rings. The number of likely N-dealkylation sites (tertiary alicyclic amines) is 1. The maximum atomic E-state index is 15.3. The van der Waals surface area contributed by atoms with Gasteiger partial charge < -0.3 is 10.5 Å². The number of hydrogen-bond acceptors (Lipinski definition) is 6. The van der Waals surface area contributed by atoms with Crippen LogP contribution in [0.15, 0.2) is 36.5 Å². The van der Waals surface area contributed by atoms with E-state index in [1.54, 1.807) is 19.2 Å². The van der Waals surface area contributed by atoms with Crippen molar-refractivity contribution in [3.63, 3.8) is 0 Å². The molecule has 204 valence electrons. The molecule has 7 nitrogen and oxygen atoms in total. The lowest BCUT2D eigenvalue weighted by atomic mass is 10.0. The number of nitrogens with two attached hydrogens (primary N) is 1. The number of ether oxygens (including phenoxy) is 1. The van der Waals surface area contributed by atoms with Crippen LogP contribution in [0.1, 0.15) is 42.3 Å². The number of pyridine rings is 2. The third-order valence-corrected chi connectivity index (χ3v) is 7.03. The summed E-state index contributed by atoms with van der Waals surface area (Å²) in [4.78, 5) is 5.95. The van der Waals surface area contributed by atoms with Gasteiger partial charge in [0.15, 0.2) is 17.3 Å². The fourth-order valence-electron chi connectivity index (χ4n) is 5.21. The van der Waals surface area contributed by atoms with Crippen LogP contribution in [0, 0.1) is 5.82 Å². The molecule has 1 aliphatic heterocycles. The third-order valence-electron chi connectivity index (χ3n) is 7.03. The van der Waals surface area contributed by atoms with Crippen molar-refractivity contribution in [2.45, 2.75) is 43.4 Å². The zero-order chi connectivity index (χ0) is 25.2. The van der Waals surface area contributed by atoms with Gasteiger partial charge >= 0.3 is 6.18 Å². The van der Waals surface area contributed by atoms with Crippen LogP contribution < -0.4 is 10.5 Å². The zero-order valence-corrected chi connectivity index (χ0v) is 21.9. The van der Waals surface area contributed by atoms with E-state index in [-0.39, 0.29) is 66.9 Å². The molecule has 0 unspecified atom stereocenters. The summed E-state index contributed by atoms with van der Waals surface area (Å²) in [6.07, 6.45) is -0.731. The zero-order valence-electron chi connectivity index (χ0n) is 20.3. The van der Waals surface area contributed by atoms with E-state index in [1.165, 1.54) is 33.7 Å². The molecule has 2 fully saturated rings. The molecule has 6 rings (SSSR count). The Morgan fingerprint density at radius 2 is 1.84 bits per heavy atom. The van der Waals surface area contributed by atoms with Crippen LogP contribution in [-0.2, 0) is 0 Å². The van der Waals surface area contributed by atoms with Crippen LogP contribution in [0.4, 0.5) is 17.6 Å². The monoisotopic (exact) mass is 572 g/mol. The molecule has 0 spiro atoms. The number of fused-ring (bicyclic) bond motifs is 2. The van der Waals surface area contributed by atoms with Crippen LogP contribution >= 0.6 is 24.8 Å². The molecule has 13 heteroatoms. The van der Waals surface area contributed by atoms with Crippen molar-refractivity contribution in [3.8, 4) is 17.3 Å². The van der Waals surface area contributed by atoms with Gasteiger partial charge in [-0.15, -0.1) is 35.0 Å². The molecule has 0 bridgehead atoms. The van der Waals surface area contributed by atoms with Gasteiger partial charge in [-0.25, -0.2) is 9.37 Å². The maximum absolute atomic E-state index is 15.3. The Kier molecular flexibility index (Phi) is 7.77. The third kappa shape index (κ3) is 4.88. The maximum Gasteiger partial charge on any atom is 0.408 e. The summed E-state index contributed by atoms with van der Waals surface area (Å²) >= 11 is 0. The van der Waals surface area contributed by atoms with Crippen molar-refractivity contribution < 1.29 is 22.3 Å². The van der Waals surface area contributed by atoms with Gasteiger partial charge in [0.25, 0.3) is 0 Å². The van der Waals surface area contributed by atoms with Crippen molar-refractivity contribution >= 4 is 41.4 Å². The molecule has 0 amide bonds. The van der Waals surface area contributed by atoms with Crippen molar-refractivity contribution in [3.05, 3.63) is 53.5 Å². The summed E-state index contributed by atoms with van der Waals surface area (Å²) in [7, 11) is 1.58. The first-order valence-corrected chi connectivity index (χ1v) is 11.8. The highest BCUT2D eigenvalue weighted by Crippen LogP contribution is 2.47. The number of halogens is 6. The minimum Gasteiger partial charge on any atom is -0.496 e. The average Bonchev–Trinajstić information content (AvgIpc) is 3.46. The molecule has 1 aliphatic carbocycles. The van der Waals surface area contributed by atoms with Crippen molar-refractivity contribution in [2.24, 2.45) is 5.73 Å². The lowest BCUT2D eigenvalue weighted by Crippen LogP contribution is -2.38. The fourth-order valence-corrected chi connectivity index (χ4v) is 5.21. The lowest BCUT2D eigenvalue weighted by Gasteiger charge is -2.30. The number of nitrogens with zero attached hydrogens (tertiary/aromatic N) is 5. The summed E-state index contributed by atoms with van der Waals surface area (Å²) in [5, 5.41) is 8.78. The second-order valence-electron chi connectivity index (χ2n) is 9.55. The number of alkyl halides is 3. The van der Waals surface area contributed by atoms with E-state index in [4.69, 9.17) is 10.5 Å².